The second kappa shape index (κ2) is 7.76. The predicted molar refractivity (Wildman–Crippen MR) is 100 cm³/mol. The normalized spacial score (nSPS) is 11.0. The summed E-state index contributed by atoms with van der Waals surface area (Å²) in [6.45, 7) is 1.53. The topological polar surface area (TPSA) is 75.7 Å². The Morgan fingerprint density at radius 3 is 2.52 bits per heavy atom. The number of carbonyl (C=O) groups excluding carboxylic acids is 1. The number of aryl methyl sites for hydroxylation is 1. The van der Waals surface area contributed by atoms with Crippen molar-refractivity contribution in [1.82, 2.24) is 0 Å². The number of nitrogens with one attached hydrogen (secondary N) is 1. The minimum absolute atomic E-state index is 0.257. The summed E-state index contributed by atoms with van der Waals surface area (Å²) in [4.78, 5) is 12.3. The number of halogens is 1. The monoisotopic (exact) mass is 382 g/mol. The third-order valence-electron chi connectivity index (χ3n) is 3.41. The highest BCUT2D eigenvalue weighted by molar-refractivity contribution is 7.92. The summed E-state index contributed by atoms with van der Waals surface area (Å²) in [5, 5.41) is 2.95. The van der Waals surface area contributed by atoms with E-state index in [0.717, 1.165) is 16.1 Å². The summed E-state index contributed by atoms with van der Waals surface area (Å²) in [5.74, 6) is -0.0361. The number of hydrogen-bond acceptors (Lipinski definition) is 4. The van der Waals surface area contributed by atoms with Crippen molar-refractivity contribution in [2.24, 2.45) is 0 Å². The van der Waals surface area contributed by atoms with Gasteiger partial charge >= 0.3 is 0 Å². The van der Waals surface area contributed by atoms with Crippen LogP contribution in [0.15, 0.2) is 42.5 Å². The number of nitrogens with zero attached hydrogens (tertiary/aromatic N) is 1. The Bertz CT molecular complexity index is 884. The first-order valence-electron chi connectivity index (χ1n) is 7.38. The molecule has 0 atom stereocenters. The lowest BCUT2D eigenvalue weighted by molar-refractivity contribution is -0.114. The maximum Gasteiger partial charge on any atom is 0.245 e. The predicted octanol–water partition coefficient (Wildman–Crippen LogP) is 3.06. The average Bonchev–Trinajstić information content (AvgIpc) is 2.51. The fourth-order valence-corrected chi connectivity index (χ4v) is 3.36. The van der Waals surface area contributed by atoms with Gasteiger partial charge in [-0.1, -0.05) is 23.7 Å². The number of anilines is 2. The van der Waals surface area contributed by atoms with Gasteiger partial charge in [-0.25, -0.2) is 8.42 Å². The van der Waals surface area contributed by atoms with Crippen LogP contribution in [0.1, 0.15) is 5.56 Å². The highest BCUT2D eigenvalue weighted by Crippen LogP contribution is 2.30. The van der Waals surface area contributed by atoms with Gasteiger partial charge in [-0.15, -0.1) is 0 Å². The number of hydrogen-bond donors (Lipinski definition) is 1. The van der Waals surface area contributed by atoms with Gasteiger partial charge in [0.25, 0.3) is 0 Å². The molecule has 2 aromatic rings. The summed E-state index contributed by atoms with van der Waals surface area (Å²) in [7, 11) is -2.21. The molecule has 0 spiro atoms. The van der Waals surface area contributed by atoms with Gasteiger partial charge in [0.2, 0.25) is 15.9 Å². The molecule has 0 heterocycles. The second-order valence-electron chi connectivity index (χ2n) is 5.51. The van der Waals surface area contributed by atoms with Crippen LogP contribution in [0.2, 0.25) is 5.02 Å². The number of methoxy groups -OCH3 is 1. The standard InChI is InChI=1S/C17H19ClN2O4S/c1-12-5-4-6-13(9-12)19-17(21)11-20(25(3,22)23)14-7-8-16(24-2)15(18)10-14/h4-10H,11H2,1-3H3,(H,19,21). The van der Waals surface area contributed by atoms with Crippen molar-refractivity contribution < 1.29 is 17.9 Å². The van der Waals surface area contributed by atoms with Crippen LogP contribution in [0, 0.1) is 6.92 Å². The molecule has 6 nitrogen and oxygen atoms in total. The van der Waals surface area contributed by atoms with Crippen LogP contribution in [-0.4, -0.2) is 34.2 Å². The number of sulfonamides is 1. The first-order valence-corrected chi connectivity index (χ1v) is 9.61. The number of ether oxygens (including phenoxy) is 1. The molecule has 0 aliphatic rings. The molecule has 8 heteroatoms. The molecule has 2 aromatic carbocycles. The van der Waals surface area contributed by atoms with Gasteiger partial charge < -0.3 is 10.1 Å². The molecule has 0 unspecified atom stereocenters. The molecule has 0 saturated heterocycles. The number of amides is 1. The van der Waals surface area contributed by atoms with E-state index in [2.05, 4.69) is 5.32 Å². The molecule has 0 bridgehead atoms. The Morgan fingerprint density at radius 1 is 1.24 bits per heavy atom. The van der Waals surface area contributed by atoms with Crippen LogP contribution in [0.5, 0.6) is 5.75 Å². The minimum atomic E-state index is -3.68. The first-order chi connectivity index (χ1) is 11.7. The summed E-state index contributed by atoms with van der Waals surface area (Å²) in [6.07, 6.45) is 1.03. The van der Waals surface area contributed by atoms with Crippen LogP contribution in [0.25, 0.3) is 0 Å². The quantitative estimate of drug-likeness (QED) is 0.833. The molecule has 134 valence electrons. The Morgan fingerprint density at radius 2 is 1.96 bits per heavy atom. The Balaban J connectivity index is 2.24. The summed E-state index contributed by atoms with van der Waals surface area (Å²) < 4.78 is 30.3. The van der Waals surface area contributed by atoms with Crippen LogP contribution >= 0.6 is 11.6 Å². The summed E-state index contributed by atoms with van der Waals surface area (Å²) >= 11 is 6.06. The zero-order valence-electron chi connectivity index (χ0n) is 14.1. The van der Waals surface area contributed by atoms with Crippen molar-refractivity contribution in [3.63, 3.8) is 0 Å². The van der Waals surface area contributed by atoms with Crippen molar-refractivity contribution in [3.05, 3.63) is 53.1 Å². The van der Waals surface area contributed by atoms with Crippen molar-refractivity contribution in [1.29, 1.82) is 0 Å². The Kier molecular flexibility index (Phi) is 5.92. The van der Waals surface area contributed by atoms with E-state index in [1.807, 2.05) is 19.1 Å². The third kappa shape index (κ3) is 5.11. The van der Waals surface area contributed by atoms with Gasteiger partial charge in [0.15, 0.2) is 0 Å². The van der Waals surface area contributed by atoms with E-state index in [9.17, 15) is 13.2 Å². The Labute approximate surface area is 152 Å². The van der Waals surface area contributed by atoms with Crippen LogP contribution < -0.4 is 14.4 Å². The van der Waals surface area contributed by atoms with Gasteiger partial charge in [-0.3, -0.25) is 9.10 Å². The lowest BCUT2D eigenvalue weighted by atomic mass is 10.2. The molecule has 0 radical (unpaired) electrons. The van der Waals surface area contributed by atoms with E-state index >= 15 is 0 Å². The number of benzene rings is 2. The maximum absolute atomic E-state index is 12.3. The molecule has 0 fully saturated rings. The van der Waals surface area contributed by atoms with Crippen LogP contribution in [0.4, 0.5) is 11.4 Å². The van der Waals surface area contributed by atoms with E-state index in [-0.39, 0.29) is 17.3 Å². The molecular weight excluding hydrogens is 364 g/mol. The zero-order valence-corrected chi connectivity index (χ0v) is 15.7. The highest BCUT2D eigenvalue weighted by atomic mass is 35.5. The van der Waals surface area contributed by atoms with Gasteiger partial charge in [-0.05, 0) is 42.8 Å². The van der Waals surface area contributed by atoms with Crippen molar-refractivity contribution in [2.45, 2.75) is 6.92 Å². The smallest absolute Gasteiger partial charge is 0.245 e. The summed E-state index contributed by atoms with van der Waals surface area (Å²) in [5.41, 5.74) is 1.87. The third-order valence-corrected chi connectivity index (χ3v) is 4.85. The molecule has 25 heavy (non-hydrogen) atoms. The van der Waals surface area contributed by atoms with E-state index < -0.39 is 15.9 Å². The lowest BCUT2D eigenvalue weighted by Gasteiger charge is -2.22. The Hall–Kier alpha value is -2.25. The number of carbonyl (C=O) groups is 1. The van der Waals surface area contributed by atoms with Crippen molar-refractivity contribution in [2.75, 3.05) is 29.5 Å². The molecular formula is C17H19ClN2O4S. The fraction of sp³-hybridized carbons (Fsp3) is 0.235. The fourth-order valence-electron chi connectivity index (χ4n) is 2.26. The highest BCUT2D eigenvalue weighted by Gasteiger charge is 2.22. The summed E-state index contributed by atoms with van der Waals surface area (Å²) in [6, 6.07) is 11.8. The maximum atomic E-state index is 12.3. The largest absolute Gasteiger partial charge is 0.495 e. The minimum Gasteiger partial charge on any atom is -0.495 e. The van der Waals surface area contributed by atoms with E-state index in [0.29, 0.717) is 11.4 Å². The number of rotatable bonds is 6. The van der Waals surface area contributed by atoms with E-state index in [1.54, 1.807) is 18.2 Å². The molecule has 2 rings (SSSR count). The molecule has 1 amide bonds. The lowest BCUT2D eigenvalue weighted by Crippen LogP contribution is -2.37. The average molecular weight is 383 g/mol. The van der Waals surface area contributed by atoms with Crippen molar-refractivity contribution >= 4 is 38.9 Å². The molecule has 0 saturated carbocycles. The molecule has 0 aromatic heterocycles. The molecule has 0 aliphatic heterocycles. The van der Waals surface area contributed by atoms with Crippen LogP contribution in [0.3, 0.4) is 0 Å². The zero-order chi connectivity index (χ0) is 18.6. The van der Waals surface area contributed by atoms with Crippen LogP contribution in [-0.2, 0) is 14.8 Å². The molecule has 1 N–H and O–H groups in total. The van der Waals surface area contributed by atoms with Crippen molar-refractivity contribution in [3.8, 4) is 5.75 Å². The van der Waals surface area contributed by atoms with E-state index in [1.165, 1.54) is 19.2 Å². The second-order valence-corrected chi connectivity index (χ2v) is 7.82. The van der Waals surface area contributed by atoms with Gasteiger partial charge in [0.1, 0.15) is 12.3 Å². The van der Waals surface area contributed by atoms with E-state index in [4.69, 9.17) is 16.3 Å². The SMILES string of the molecule is COc1ccc(N(CC(=O)Nc2cccc(C)c2)S(C)(=O)=O)cc1Cl. The van der Waals surface area contributed by atoms with Gasteiger partial charge in [0.05, 0.1) is 24.1 Å². The van der Waals surface area contributed by atoms with Gasteiger partial charge in [-0.2, -0.15) is 0 Å². The first kappa shape index (κ1) is 19.1. The van der Waals surface area contributed by atoms with Gasteiger partial charge in [0, 0.05) is 5.69 Å². The molecule has 0 aliphatic carbocycles.